The van der Waals surface area contributed by atoms with Crippen LogP contribution in [0.25, 0.3) is 0 Å². The van der Waals surface area contributed by atoms with Gasteiger partial charge in [-0.15, -0.1) is 0 Å². The fourth-order valence-corrected chi connectivity index (χ4v) is 2.23. The van der Waals surface area contributed by atoms with Gasteiger partial charge in [-0.05, 0) is 6.07 Å². The molecule has 1 aromatic carbocycles. The molecular formula is C14H15F2NO5. The van der Waals surface area contributed by atoms with Crippen LogP contribution in [0.3, 0.4) is 0 Å². The topological polar surface area (TPSA) is 84.9 Å². The number of aliphatic carboxylic acids is 1. The number of rotatable bonds is 6. The summed E-state index contributed by atoms with van der Waals surface area (Å²) in [4.78, 5) is 23.3. The van der Waals surface area contributed by atoms with E-state index >= 15 is 0 Å². The van der Waals surface area contributed by atoms with Crippen LogP contribution < -0.4 is 10.1 Å². The predicted octanol–water partition coefficient (Wildman–Crippen LogP) is 1.19. The van der Waals surface area contributed by atoms with Gasteiger partial charge in [-0.1, -0.05) is 18.2 Å². The summed E-state index contributed by atoms with van der Waals surface area (Å²) in [6.45, 7) is -2.89. The van der Waals surface area contributed by atoms with Crippen molar-refractivity contribution in [3.05, 3.63) is 29.8 Å². The summed E-state index contributed by atoms with van der Waals surface area (Å²) in [5.41, 5.74) is -1.21. The summed E-state index contributed by atoms with van der Waals surface area (Å²) < 4.78 is 34.0. The standard InChI is InChI=1S/C14H15F2NO5/c15-13(16)22-10-4-2-1-3-9(10)7-11(18)17-14(12(19)20)5-6-21-8-14/h1-4,13H,5-8H2,(H,17,18)(H,19,20). The summed E-state index contributed by atoms with van der Waals surface area (Å²) in [6, 6.07) is 5.87. The number of carbonyl (C=O) groups is 2. The number of para-hydroxylation sites is 1. The van der Waals surface area contributed by atoms with E-state index in [2.05, 4.69) is 10.1 Å². The first-order chi connectivity index (χ1) is 10.4. The van der Waals surface area contributed by atoms with Crippen molar-refractivity contribution >= 4 is 11.9 Å². The van der Waals surface area contributed by atoms with E-state index in [1.54, 1.807) is 6.07 Å². The molecule has 1 heterocycles. The van der Waals surface area contributed by atoms with Gasteiger partial charge >= 0.3 is 12.6 Å². The average molecular weight is 315 g/mol. The van der Waals surface area contributed by atoms with E-state index in [1.165, 1.54) is 18.2 Å². The maximum Gasteiger partial charge on any atom is 0.387 e. The smallest absolute Gasteiger partial charge is 0.387 e. The number of hydrogen-bond donors (Lipinski definition) is 2. The van der Waals surface area contributed by atoms with Gasteiger partial charge in [0.2, 0.25) is 5.91 Å². The first kappa shape index (κ1) is 16.2. The molecule has 120 valence electrons. The Hall–Kier alpha value is -2.22. The van der Waals surface area contributed by atoms with Crippen LogP contribution in [-0.4, -0.2) is 42.3 Å². The number of nitrogens with one attached hydrogen (secondary N) is 1. The highest BCUT2D eigenvalue weighted by molar-refractivity contribution is 5.88. The van der Waals surface area contributed by atoms with Gasteiger partial charge in [0.15, 0.2) is 5.54 Å². The molecule has 2 N–H and O–H groups in total. The Balaban J connectivity index is 2.07. The molecule has 8 heteroatoms. The van der Waals surface area contributed by atoms with E-state index in [0.29, 0.717) is 0 Å². The van der Waals surface area contributed by atoms with Crippen molar-refractivity contribution < 1.29 is 33.0 Å². The summed E-state index contributed by atoms with van der Waals surface area (Å²) in [5.74, 6) is -1.90. The molecule has 0 radical (unpaired) electrons. The average Bonchev–Trinajstić information content (AvgIpc) is 2.90. The van der Waals surface area contributed by atoms with Crippen LogP contribution in [0.2, 0.25) is 0 Å². The second-order valence-electron chi connectivity index (χ2n) is 4.90. The molecule has 1 amide bonds. The van der Waals surface area contributed by atoms with E-state index in [-0.39, 0.29) is 37.4 Å². The fraction of sp³-hybridized carbons (Fsp3) is 0.429. The van der Waals surface area contributed by atoms with Crippen molar-refractivity contribution in [3.8, 4) is 5.75 Å². The van der Waals surface area contributed by atoms with Crippen LogP contribution in [0.5, 0.6) is 5.75 Å². The molecule has 0 aromatic heterocycles. The molecule has 1 aliphatic rings. The molecule has 1 aliphatic heterocycles. The Morgan fingerprint density at radius 3 is 2.73 bits per heavy atom. The van der Waals surface area contributed by atoms with Crippen LogP contribution in [0.1, 0.15) is 12.0 Å². The molecule has 0 saturated carbocycles. The molecule has 0 aliphatic carbocycles. The van der Waals surface area contributed by atoms with Crippen molar-refractivity contribution in [1.29, 1.82) is 0 Å². The predicted molar refractivity (Wildman–Crippen MR) is 70.7 cm³/mol. The number of carboxylic acid groups (broad SMARTS) is 1. The molecule has 0 spiro atoms. The van der Waals surface area contributed by atoms with E-state index < -0.39 is 24.0 Å². The van der Waals surface area contributed by atoms with Gasteiger partial charge < -0.3 is 19.9 Å². The minimum atomic E-state index is -3.00. The minimum absolute atomic E-state index is 0.111. The highest BCUT2D eigenvalue weighted by Crippen LogP contribution is 2.22. The van der Waals surface area contributed by atoms with Gasteiger partial charge in [0.05, 0.1) is 13.0 Å². The van der Waals surface area contributed by atoms with Gasteiger partial charge in [0.25, 0.3) is 0 Å². The molecule has 1 saturated heterocycles. The highest BCUT2D eigenvalue weighted by atomic mass is 19.3. The zero-order valence-corrected chi connectivity index (χ0v) is 11.6. The van der Waals surface area contributed by atoms with Crippen LogP contribution in [-0.2, 0) is 20.7 Å². The fourth-order valence-electron chi connectivity index (χ4n) is 2.23. The van der Waals surface area contributed by atoms with Gasteiger partial charge in [-0.2, -0.15) is 8.78 Å². The van der Waals surface area contributed by atoms with Crippen LogP contribution >= 0.6 is 0 Å². The third-order valence-corrected chi connectivity index (χ3v) is 3.35. The maximum absolute atomic E-state index is 12.3. The quantitative estimate of drug-likeness (QED) is 0.824. The molecule has 1 unspecified atom stereocenters. The van der Waals surface area contributed by atoms with Crippen LogP contribution in [0, 0.1) is 0 Å². The number of hydrogen-bond acceptors (Lipinski definition) is 4. The molecule has 1 atom stereocenters. The summed E-state index contributed by atoms with van der Waals surface area (Å²) >= 11 is 0. The Morgan fingerprint density at radius 1 is 1.41 bits per heavy atom. The molecule has 1 aromatic rings. The highest BCUT2D eigenvalue weighted by Gasteiger charge is 2.43. The van der Waals surface area contributed by atoms with Crippen LogP contribution in [0.15, 0.2) is 24.3 Å². The van der Waals surface area contributed by atoms with Crippen LogP contribution in [0.4, 0.5) is 8.78 Å². The lowest BCUT2D eigenvalue weighted by atomic mass is 9.98. The zero-order chi connectivity index (χ0) is 16.2. The second kappa shape index (κ2) is 6.69. The molecule has 6 nitrogen and oxygen atoms in total. The van der Waals surface area contributed by atoms with Crippen molar-refractivity contribution in [2.75, 3.05) is 13.2 Å². The minimum Gasteiger partial charge on any atom is -0.479 e. The molecule has 22 heavy (non-hydrogen) atoms. The molecule has 0 bridgehead atoms. The summed E-state index contributed by atoms with van der Waals surface area (Å²) in [6.07, 6.45) is -0.110. The number of amides is 1. The first-order valence-electron chi connectivity index (χ1n) is 6.58. The number of carboxylic acids is 1. The van der Waals surface area contributed by atoms with E-state index in [4.69, 9.17) is 4.74 Å². The van der Waals surface area contributed by atoms with E-state index in [1.807, 2.05) is 0 Å². The SMILES string of the molecule is O=C(Cc1ccccc1OC(F)F)NC1(C(=O)O)CCOC1. The van der Waals surface area contributed by atoms with Gasteiger partial charge in [0, 0.05) is 18.6 Å². The lowest BCUT2D eigenvalue weighted by Crippen LogP contribution is -2.55. The maximum atomic E-state index is 12.3. The van der Waals surface area contributed by atoms with Crippen molar-refractivity contribution in [2.24, 2.45) is 0 Å². The number of halogens is 2. The monoisotopic (exact) mass is 315 g/mol. The number of alkyl halides is 2. The molecular weight excluding hydrogens is 300 g/mol. The van der Waals surface area contributed by atoms with Crippen molar-refractivity contribution in [2.45, 2.75) is 25.0 Å². The largest absolute Gasteiger partial charge is 0.479 e. The molecule has 1 fully saturated rings. The Labute approximate surface area is 125 Å². The third-order valence-electron chi connectivity index (χ3n) is 3.35. The number of carbonyl (C=O) groups excluding carboxylic acids is 1. The Bertz CT molecular complexity index is 558. The number of benzene rings is 1. The normalized spacial score (nSPS) is 20.9. The Kier molecular flexibility index (Phi) is 4.92. The number of ether oxygens (including phenoxy) is 2. The van der Waals surface area contributed by atoms with Crippen molar-refractivity contribution in [1.82, 2.24) is 5.32 Å². The lowest BCUT2D eigenvalue weighted by molar-refractivity contribution is -0.147. The molecule has 2 rings (SSSR count). The summed E-state index contributed by atoms with van der Waals surface area (Å²) in [7, 11) is 0. The van der Waals surface area contributed by atoms with Gasteiger partial charge in [0.1, 0.15) is 5.75 Å². The summed E-state index contributed by atoms with van der Waals surface area (Å²) in [5, 5.41) is 11.6. The Morgan fingerprint density at radius 2 is 2.14 bits per heavy atom. The third kappa shape index (κ3) is 3.70. The zero-order valence-electron chi connectivity index (χ0n) is 11.6. The van der Waals surface area contributed by atoms with Crippen molar-refractivity contribution in [3.63, 3.8) is 0 Å². The first-order valence-corrected chi connectivity index (χ1v) is 6.58. The van der Waals surface area contributed by atoms with E-state index in [9.17, 15) is 23.5 Å². The lowest BCUT2D eigenvalue weighted by Gasteiger charge is -2.23. The van der Waals surface area contributed by atoms with E-state index in [0.717, 1.165) is 0 Å². The second-order valence-corrected chi connectivity index (χ2v) is 4.90. The van der Waals surface area contributed by atoms with Gasteiger partial charge in [-0.3, -0.25) is 4.79 Å². The van der Waals surface area contributed by atoms with Gasteiger partial charge in [-0.25, -0.2) is 4.79 Å².